The van der Waals surface area contributed by atoms with Gasteiger partial charge in [0.1, 0.15) is 0 Å². The minimum Gasteiger partial charge on any atom is -0.477 e. The van der Waals surface area contributed by atoms with Gasteiger partial charge in [0.25, 0.3) is 5.91 Å². The van der Waals surface area contributed by atoms with E-state index >= 15 is 0 Å². The van der Waals surface area contributed by atoms with Crippen LogP contribution in [0.1, 0.15) is 79.0 Å². The summed E-state index contributed by atoms with van der Waals surface area (Å²) in [6.45, 7) is 1.48. The molecule has 1 amide bonds. The second-order valence-corrected chi connectivity index (χ2v) is 13.6. The first-order chi connectivity index (χ1) is 20.0. The summed E-state index contributed by atoms with van der Waals surface area (Å²) >= 11 is 0. The molecule has 1 heterocycles. The molecule has 1 unspecified atom stereocenters. The third kappa shape index (κ3) is 6.89. The second-order valence-electron chi connectivity index (χ2n) is 11.3. The van der Waals surface area contributed by atoms with E-state index in [2.05, 4.69) is 5.32 Å². The summed E-state index contributed by atoms with van der Waals surface area (Å²) in [5.41, 5.74) is 1.81. The van der Waals surface area contributed by atoms with E-state index in [1.165, 1.54) is 12.1 Å². The van der Waals surface area contributed by atoms with Gasteiger partial charge in [0.2, 0.25) is 5.88 Å². The molecule has 2 aromatic carbocycles. The van der Waals surface area contributed by atoms with Crippen LogP contribution in [0, 0.1) is 11.8 Å². The van der Waals surface area contributed by atoms with Gasteiger partial charge in [-0.3, -0.25) is 4.79 Å². The number of ether oxygens (including phenoxy) is 1. The van der Waals surface area contributed by atoms with Crippen molar-refractivity contribution < 1.29 is 36.2 Å². The maximum absolute atomic E-state index is 13.2. The Morgan fingerprint density at radius 2 is 1.74 bits per heavy atom. The number of sulfone groups is 1. The molecule has 2 N–H and O–H groups in total. The molecular weight excluding hydrogens is 569 g/mol. The predicted octanol–water partition coefficient (Wildman–Crippen LogP) is 6.12. The fourth-order valence-electron chi connectivity index (χ4n) is 5.49. The zero-order valence-corrected chi connectivity index (χ0v) is 24.2. The van der Waals surface area contributed by atoms with Gasteiger partial charge < -0.3 is 15.2 Å². The Bertz CT molecular complexity index is 1530. The van der Waals surface area contributed by atoms with Gasteiger partial charge in [-0.2, -0.15) is 13.2 Å². The maximum atomic E-state index is 13.2. The Balaban J connectivity index is 1.31. The van der Waals surface area contributed by atoms with Crippen LogP contribution in [-0.4, -0.2) is 49.6 Å². The number of amides is 1. The van der Waals surface area contributed by atoms with Crippen LogP contribution < -0.4 is 10.1 Å². The third-order valence-corrected chi connectivity index (χ3v) is 10.1. The zero-order chi connectivity index (χ0) is 30.1. The molecule has 0 saturated heterocycles. The topological polar surface area (TPSA) is 106 Å². The Morgan fingerprint density at radius 1 is 1.05 bits per heavy atom. The van der Waals surface area contributed by atoms with E-state index in [-0.39, 0.29) is 36.0 Å². The maximum Gasteiger partial charge on any atom is 0.391 e. The van der Waals surface area contributed by atoms with Gasteiger partial charge in [0.05, 0.1) is 35.8 Å². The van der Waals surface area contributed by atoms with Crippen molar-refractivity contribution in [2.45, 2.75) is 68.5 Å². The van der Waals surface area contributed by atoms with Crippen molar-refractivity contribution in [1.82, 2.24) is 10.3 Å². The minimum atomic E-state index is -4.15. The molecule has 2 aliphatic carbocycles. The van der Waals surface area contributed by atoms with Gasteiger partial charge >= 0.3 is 6.18 Å². The highest BCUT2D eigenvalue weighted by atomic mass is 32.2. The number of pyridine rings is 1. The summed E-state index contributed by atoms with van der Waals surface area (Å²) in [6.07, 6.45) is -0.986. The lowest BCUT2D eigenvalue weighted by atomic mass is 9.82. The Labute approximate surface area is 243 Å². The molecule has 2 fully saturated rings. The molecule has 7 nitrogen and oxygen atoms in total. The molecule has 11 heteroatoms. The fourth-order valence-corrected chi connectivity index (χ4v) is 6.37. The van der Waals surface area contributed by atoms with Gasteiger partial charge in [0.15, 0.2) is 9.84 Å². The lowest BCUT2D eigenvalue weighted by molar-refractivity contribution is -0.184. The number of aliphatic hydroxyl groups excluding tert-OH is 1. The molecule has 5 rings (SSSR count). The van der Waals surface area contributed by atoms with E-state index in [0.29, 0.717) is 47.8 Å². The number of rotatable bonds is 10. The zero-order valence-electron chi connectivity index (χ0n) is 23.4. The Hall–Kier alpha value is -3.18. The molecule has 226 valence electrons. The van der Waals surface area contributed by atoms with Gasteiger partial charge in [-0.25, -0.2) is 13.4 Å². The number of benzene rings is 2. The van der Waals surface area contributed by atoms with Crippen LogP contribution in [0.5, 0.6) is 5.88 Å². The lowest BCUT2D eigenvalue weighted by Crippen LogP contribution is -2.30. The number of fused-ring (bicyclic) bond motifs is 1. The van der Waals surface area contributed by atoms with Crippen molar-refractivity contribution in [2.75, 3.05) is 19.0 Å². The Morgan fingerprint density at radius 3 is 2.33 bits per heavy atom. The molecule has 0 bridgehead atoms. The number of carbonyl (C=O) groups excluding carboxylic acids is 1. The first-order valence-electron chi connectivity index (χ1n) is 14.4. The molecule has 1 aromatic heterocycles. The van der Waals surface area contributed by atoms with Crippen LogP contribution in [0.2, 0.25) is 0 Å². The molecule has 0 spiro atoms. The van der Waals surface area contributed by atoms with Crippen molar-refractivity contribution in [3.05, 3.63) is 65.4 Å². The first-order valence-corrected chi connectivity index (χ1v) is 16.0. The summed E-state index contributed by atoms with van der Waals surface area (Å²) in [5.74, 6) is -0.902. The average molecular weight is 605 g/mol. The number of hydrogen-bond donors (Lipinski definition) is 2. The number of aliphatic hydroxyl groups is 1. The molecule has 0 radical (unpaired) electrons. The van der Waals surface area contributed by atoms with E-state index in [0.717, 1.165) is 23.9 Å². The number of nitrogens with one attached hydrogen (secondary N) is 1. The molecule has 1 atom stereocenters. The normalized spacial score (nSPS) is 20.3. The average Bonchev–Trinajstić information content (AvgIpc) is 3.84. The highest BCUT2D eigenvalue weighted by Gasteiger charge is 2.41. The minimum absolute atomic E-state index is 0.0256. The van der Waals surface area contributed by atoms with Gasteiger partial charge in [-0.15, -0.1) is 0 Å². The second kappa shape index (κ2) is 12.2. The molecule has 42 heavy (non-hydrogen) atoms. The first kappa shape index (κ1) is 30.3. The largest absolute Gasteiger partial charge is 0.477 e. The van der Waals surface area contributed by atoms with E-state index in [1.54, 1.807) is 37.3 Å². The summed E-state index contributed by atoms with van der Waals surface area (Å²) in [5, 5.41) is 14.3. The third-order valence-electron chi connectivity index (χ3n) is 8.35. The molecule has 2 aliphatic rings. The van der Waals surface area contributed by atoms with Crippen LogP contribution in [0.15, 0.2) is 53.4 Å². The Kier molecular flexibility index (Phi) is 8.80. The summed E-state index contributed by atoms with van der Waals surface area (Å²) in [4.78, 5) is 18.1. The standard InChI is InChI=1S/C31H35F3N2O5S/c1-2-42(39,40)25-12-7-21(8-13-25)28(17-37)35-29(38)22-9-14-26-23(15-22)16-27(20-5-6-20)36-30(26)41-18-19-3-10-24(11-4-19)31(32,33)34/h7-9,12-16,19-20,24,28,37H,2-6,10-11,17-18H2,1H3,(H,35,38)/t19-,24-,28?. The van der Waals surface area contributed by atoms with Gasteiger partial charge in [-0.05, 0) is 91.8 Å². The van der Waals surface area contributed by atoms with Crippen molar-refractivity contribution >= 4 is 26.5 Å². The smallest absolute Gasteiger partial charge is 0.391 e. The monoisotopic (exact) mass is 604 g/mol. The van der Waals surface area contributed by atoms with Crippen molar-refractivity contribution in [1.29, 1.82) is 0 Å². The molecule has 3 aromatic rings. The number of nitrogens with zero attached hydrogens (tertiary/aromatic N) is 1. The van der Waals surface area contributed by atoms with Crippen LogP contribution in [0.4, 0.5) is 13.2 Å². The number of aromatic nitrogens is 1. The molecule has 2 saturated carbocycles. The summed E-state index contributed by atoms with van der Waals surface area (Å²) in [7, 11) is -3.37. The van der Waals surface area contributed by atoms with Crippen LogP contribution in [0.25, 0.3) is 10.8 Å². The SMILES string of the molecule is CCS(=O)(=O)c1ccc(C(CO)NC(=O)c2ccc3c(OC[C@H]4CC[C@H](C(F)(F)F)CC4)nc(C4CC4)cc3c2)cc1. The van der Waals surface area contributed by atoms with E-state index in [4.69, 9.17) is 9.72 Å². The van der Waals surface area contributed by atoms with E-state index in [9.17, 15) is 31.5 Å². The van der Waals surface area contributed by atoms with E-state index in [1.807, 2.05) is 6.07 Å². The van der Waals surface area contributed by atoms with Crippen LogP contribution >= 0.6 is 0 Å². The van der Waals surface area contributed by atoms with Crippen molar-refractivity contribution in [3.63, 3.8) is 0 Å². The summed E-state index contributed by atoms with van der Waals surface area (Å²) < 4.78 is 69.5. The number of carbonyl (C=O) groups is 1. The fraction of sp³-hybridized carbons (Fsp3) is 0.484. The number of alkyl halides is 3. The number of hydrogen-bond acceptors (Lipinski definition) is 6. The van der Waals surface area contributed by atoms with Crippen LogP contribution in [0.3, 0.4) is 0 Å². The van der Waals surface area contributed by atoms with Gasteiger partial charge in [0, 0.05) is 22.6 Å². The number of halogens is 3. The van der Waals surface area contributed by atoms with Crippen molar-refractivity contribution in [3.8, 4) is 5.88 Å². The summed E-state index contributed by atoms with van der Waals surface area (Å²) in [6, 6.07) is 12.4. The highest BCUT2D eigenvalue weighted by molar-refractivity contribution is 7.91. The van der Waals surface area contributed by atoms with Crippen LogP contribution in [-0.2, 0) is 9.84 Å². The van der Waals surface area contributed by atoms with Gasteiger partial charge in [-0.1, -0.05) is 19.1 Å². The highest BCUT2D eigenvalue weighted by Crippen LogP contribution is 2.42. The molecular formula is C31H35F3N2O5S. The predicted molar refractivity (Wildman–Crippen MR) is 152 cm³/mol. The molecule has 0 aliphatic heterocycles. The van der Waals surface area contributed by atoms with Crippen molar-refractivity contribution in [2.24, 2.45) is 11.8 Å². The van der Waals surface area contributed by atoms with E-state index < -0.39 is 33.9 Å². The lowest BCUT2D eigenvalue weighted by Gasteiger charge is -2.29. The quantitative estimate of drug-likeness (QED) is 0.289.